The Morgan fingerprint density at radius 1 is 0.387 bits per heavy atom. The summed E-state index contributed by atoms with van der Waals surface area (Å²) in [7, 11) is 0. The molecule has 188 valence electrons. The minimum atomic E-state index is 0.712. The zero-order valence-electron chi connectivity index (χ0n) is 22.0. The molecule has 0 saturated carbocycles. The van der Waals surface area contributed by atoms with Crippen LogP contribution in [-0.2, 0) is 0 Å². The van der Waals surface area contributed by atoms with Crippen molar-refractivity contribution in [3.63, 3.8) is 0 Å². The fourth-order valence-corrected chi connectivity index (χ4v) is 4.29. The van der Waals surface area contributed by atoms with E-state index < -0.39 is 0 Å². The Balaban J connectivity index is 3.79. The smallest absolute Gasteiger partial charge is 0.00680 e. The van der Waals surface area contributed by atoms with Crippen LogP contribution in [0.5, 0.6) is 0 Å². The van der Waals surface area contributed by atoms with E-state index in [0.717, 1.165) is 0 Å². The molecule has 0 bridgehead atoms. The standard InChI is InChI=1S/C28H61N3/c1-4-7-10-13-16-23-29-25-19-21-28(31-27-18-15-12-9-6-3)22-20-26-30-24-17-14-11-8-5-2/h28-31H,4-27H2,1-3H3. The van der Waals surface area contributed by atoms with E-state index in [2.05, 4.69) is 36.7 Å². The Kier molecular flexibility index (Phi) is 27.8. The summed E-state index contributed by atoms with van der Waals surface area (Å²) in [4.78, 5) is 0. The molecule has 3 nitrogen and oxygen atoms in total. The molecule has 31 heavy (non-hydrogen) atoms. The topological polar surface area (TPSA) is 36.1 Å². The van der Waals surface area contributed by atoms with Gasteiger partial charge in [-0.15, -0.1) is 0 Å². The van der Waals surface area contributed by atoms with Crippen molar-refractivity contribution in [2.24, 2.45) is 0 Å². The van der Waals surface area contributed by atoms with E-state index in [-0.39, 0.29) is 0 Å². The zero-order valence-corrected chi connectivity index (χ0v) is 22.0. The molecule has 3 heteroatoms. The van der Waals surface area contributed by atoms with E-state index in [0.29, 0.717) is 6.04 Å². The lowest BCUT2D eigenvalue weighted by molar-refractivity contribution is 0.412. The molecule has 0 saturated heterocycles. The first-order valence-corrected chi connectivity index (χ1v) is 14.5. The lowest BCUT2D eigenvalue weighted by atomic mass is 10.0. The molecule has 0 atom stereocenters. The normalized spacial score (nSPS) is 11.6. The first-order chi connectivity index (χ1) is 15.3. The van der Waals surface area contributed by atoms with Crippen molar-refractivity contribution < 1.29 is 0 Å². The van der Waals surface area contributed by atoms with Gasteiger partial charge < -0.3 is 16.0 Å². The van der Waals surface area contributed by atoms with Crippen LogP contribution < -0.4 is 16.0 Å². The summed E-state index contributed by atoms with van der Waals surface area (Å²) in [6.45, 7) is 12.9. The average molecular weight is 440 g/mol. The molecule has 0 rings (SSSR count). The van der Waals surface area contributed by atoms with Crippen molar-refractivity contribution in [1.29, 1.82) is 0 Å². The fraction of sp³-hybridized carbons (Fsp3) is 1.00. The number of nitrogens with one attached hydrogen (secondary N) is 3. The monoisotopic (exact) mass is 439 g/mol. The third-order valence-electron chi connectivity index (χ3n) is 6.44. The SMILES string of the molecule is CCCCCCCNCCCC(CCCNCCCCCCC)NCCCCCCC. The second-order valence-corrected chi connectivity index (χ2v) is 9.68. The highest BCUT2D eigenvalue weighted by molar-refractivity contribution is 4.69. The molecular weight excluding hydrogens is 378 g/mol. The first kappa shape index (κ1) is 30.9. The highest BCUT2D eigenvalue weighted by Crippen LogP contribution is 2.07. The maximum absolute atomic E-state index is 3.89. The second-order valence-electron chi connectivity index (χ2n) is 9.68. The molecule has 0 aliphatic heterocycles. The Morgan fingerprint density at radius 3 is 1.16 bits per heavy atom. The van der Waals surface area contributed by atoms with Crippen molar-refractivity contribution in [3.05, 3.63) is 0 Å². The lowest BCUT2D eigenvalue weighted by Gasteiger charge is -2.19. The van der Waals surface area contributed by atoms with Gasteiger partial charge in [-0.25, -0.2) is 0 Å². The lowest BCUT2D eigenvalue weighted by Crippen LogP contribution is -2.32. The van der Waals surface area contributed by atoms with Gasteiger partial charge in [0.15, 0.2) is 0 Å². The van der Waals surface area contributed by atoms with Crippen molar-refractivity contribution in [3.8, 4) is 0 Å². The number of unbranched alkanes of at least 4 members (excludes halogenated alkanes) is 12. The van der Waals surface area contributed by atoms with Crippen LogP contribution >= 0.6 is 0 Å². The minimum Gasteiger partial charge on any atom is -0.317 e. The molecule has 0 aromatic rings. The average Bonchev–Trinajstić information content (AvgIpc) is 2.78. The molecule has 0 aliphatic carbocycles. The van der Waals surface area contributed by atoms with Crippen LogP contribution in [-0.4, -0.2) is 38.8 Å². The number of rotatable bonds is 27. The quantitative estimate of drug-likeness (QED) is 0.115. The van der Waals surface area contributed by atoms with Crippen LogP contribution in [0.4, 0.5) is 0 Å². The van der Waals surface area contributed by atoms with Gasteiger partial charge in [0.25, 0.3) is 0 Å². The molecule has 0 unspecified atom stereocenters. The molecule has 0 aromatic carbocycles. The van der Waals surface area contributed by atoms with Gasteiger partial charge >= 0.3 is 0 Å². The molecule has 3 N–H and O–H groups in total. The Labute approximate surface area is 197 Å². The van der Waals surface area contributed by atoms with Crippen LogP contribution in [0, 0.1) is 0 Å². The predicted octanol–water partition coefficient (Wildman–Crippen LogP) is 7.60. The largest absolute Gasteiger partial charge is 0.317 e. The molecule has 0 fully saturated rings. The van der Waals surface area contributed by atoms with Gasteiger partial charge in [-0.05, 0) is 77.7 Å². The minimum absolute atomic E-state index is 0.712. The van der Waals surface area contributed by atoms with E-state index in [1.54, 1.807) is 0 Å². The molecule has 0 heterocycles. The molecule has 0 amide bonds. The maximum atomic E-state index is 3.89. The number of hydrogen-bond acceptors (Lipinski definition) is 3. The van der Waals surface area contributed by atoms with E-state index >= 15 is 0 Å². The van der Waals surface area contributed by atoms with E-state index in [4.69, 9.17) is 0 Å². The summed E-state index contributed by atoms with van der Waals surface area (Å²) in [5.74, 6) is 0. The van der Waals surface area contributed by atoms with Crippen molar-refractivity contribution >= 4 is 0 Å². The third-order valence-corrected chi connectivity index (χ3v) is 6.44. The number of hydrogen-bond donors (Lipinski definition) is 3. The van der Waals surface area contributed by atoms with Gasteiger partial charge in [-0.2, -0.15) is 0 Å². The summed E-state index contributed by atoms with van der Waals surface area (Å²) in [6, 6.07) is 0.712. The highest BCUT2D eigenvalue weighted by Gasteiger charge is 2.07. The Hall–Kier alpha value is -0.120. The van der Waals surface area contributed by atoms with Gasteiger partial charge in [0.05, 0.1) is 0 Å². The predicted molar refractivity (Wildman–Crippen MR) is 142 cm³/mol. The van der Waals surface area contributed by atoms with E-state index in [1.165, 1.54) is 155 Å². The summed E-state index contributed by atoms with van der Waals surface area (Å²) >= 11 is 0. The Morgan fingerprint density at radius 2 is 0.742 bits per heavy atom. The summed E-state index contributed by atoms with van der Waals surface area (Å²) in [5.41, 5.74) is 0. The van der Waals surface area contributed by atoms with Gasteiger partial charge in [0, 0.05) is 6.04 Å². The fourth-order valence-electron chi connectivity index (χ4n) is 4.29. The summed E-state index contributed by atoms with van der Waals surface area (Å²) in [6.07, 6.45) is 26.0. The second kappa shape index (κ2) is 27.9. The summed E-state index contributed by atoms with van der Waals surface area (Å²) in [5, 5.41) is 11.2. The molecule has 0 aliphatic rings. The molecule has 0 radical (unpaired) electrons. The highest BCUT2D eigenvalue weighted by atomic mass is 14.9. The summed E-state index contributed by atoms with van der Waals surface area (Å²) < 4.78 is 0. The van der Waals surface area contributed by atoms with Gasteiger partial charge in [0.1, 0.15) is 0 Å². The van der Waals surface area contributed by atoms with Crippen LogP contribution in [0.2, 0.25) is 0 Å². The molecule has 0 aromatic heterocycles. The van der Waals surface area contributed by atoms with Gasteiger partial charge in [0.2, 0.25) is 0 Å². The van der Waals surface area contributed by atoms with Gasteiger partial charge in [-0.3, -0.25) is 0 Å². The van der Waals surface area contributed by atoms with Crippen LogP contribution in [0.25, 0.3) is 0 Å². The van der Waals surface area contributed by atoms with Crippen molar-refractivity contribution in [2.45, 2.75) is 149 Å². The Bertz CT molecular complexity index is 287. The maximum Gasteiger partial charge on any atom is 0.00680 e. The van der Waals surface area contributed by atoms with Crippen LogP contribution in [0.1, 0.15) is 143 Å². The molecular formula is C28H61N3. The van der Waals surface area contributed by atoms with Gasteiger partial charge in [-0.1, -0.05) is 97.8 Å². The van der Waals surface area contributed by atoms with Crippen LogP contribution in [0.15, 0.2) is 0 Å². The zero-order chi connectivity index (χ0) is 22.7. The van der Waals surface area contributed by atoms with E-state index in [9.17, 15) is 0 Å². The van der Waals surface area contributed by atoms with E-state index in [1.807, 2.05) is 0 Å². The molecule has 0 spiro atoms. The first-order valence-electron chi connectivity index (χ1n) is 14.5. The van der Waals surface area contributed by atoms with Crippen molar-refractivity contribution in [1.82, 2.24) is 16.0 Å². The van der Waals surface area contributed by atoms with Crippen LogP contribution in [0.3, 0.4) is 0 Å². The third kappa shape index (κ3) is 26.0. The van der Waals surface area contributed by atoms with Crippen molar-refractivity contribution in [2.75, 3.05) is 32.7 Å².